The van der Waals surface area contributed by atoms with Crippen molar-refractivity contribution in [1.29, 1.82) is 0 Å². The number of aliphatic hydroxyl groups is 3. The van der Waals surface area contributed by atoms with Gasteiger partial charge in [0.15, 0.2) is 40.2 Å². The van der Waals surface area contributed by atoms with E-state index < -0.39 is 89.3 Å². The number of ketones is 2. The van der Waals surface area contributed by atoms with Crippen LogP contribution in [0.15, 0.2) is 42.5 Å². The highest BCUT2D eigenvalue weighted by Gasteiger charge is 2.70. The molecule has 0 amide bonds. The van der Waals surface area contributed by atoms with Crippen LogP contribution in [0.1, 0.15) is 48.8 Å². The number of fused-ring (bicyclic) bond motifs is 1. The maximum atomic E-state index is 13.5. The molecular weight excluding hydrogens is 592 g/mol. The molecule has 2 aliphatic heterocycles. The number of hydrogen-bond donors (Lipinski definition) is 8. The number of carbonyl (C=O) groups excluding carboxylic acids is 2. The first-order chi connectivity index (χ1) is 21.2. The molecule has 2 aromatic carbocycles. The lowest BCUT2D eigenvalue weighted by molar-refractivity contribution is -0.323. The molecule has 2 saturated heterocycles. The average Bonchev–Trinajstić information content (AvgIpc) is 3.01. The van der Waals surface area contributed by atoms with Gasteiger partial charge in [-0.2, -0.15) is 0 Å². The van der Waals surface area contributed by atoms with Crippen molar-refractivity contribution in [3.8, 4) is 23.0 Å². The van der Waals surface area contributed by atoms with Gasteiger partial charge in [-0.3, -0.25) is 9.59 Å². The van der Waals surface area contributed by atoms with E-state index in [0.717, 1.165) is 12.1 Å². The van der Waals surface area contributed by atoms with Crippen LogP contribution < -0.4 is 0 Å². The number of benzene rings is 2. The van der Waals surface area contributed by atoms with Gasteiger partial charge < -0.3 is 50.3 Å². The van der Waals surface area contributed by atoms with Gasteiger partial charge in [-0.25, -0.2) is 4.79 Å². The van der Waals surface area contributed by atoms with E-state index in [4.69, 9.17) is 9.47 Å². The van der Waals surface area contributed by atoms with Gasteiger partial charge in [-0.15, -0.1) is 0 Å². The molecule has 13 heteroatoms. The lowest BCUT2D eigenvalue weighted by Gasteiger charge is -2.61. The Bertz CT molecular complexity index is 1580. The summed E-state index contributed by atoms with van der Waals surface area (Å²) in [7, 11) is 0. The first-order valence-electron chi connectivity index (χ1n) is 14.3. The maximum absolute atomic E-state index is 13.5. The molecule has 1 saturated carbocycles. The van der Waals surface area contributed by atoms with Crippen LogP contribution in [0.3, 0.4) is 0 Å². The van der Waals surface area contributed by atoms with Crippen LogP contribution in [0.2, 0.25) is 0 Å². The van der Waals surface area contributed by atoms with Gasteiger partial charge in [-0.1, -0.05) is 18.2 Å². The number of rotatable bonds is 10. The zero-order valence-electron chi connectivity index (χ0n) is 24.0. The third kappa shape index (κ3) is 5.69. The second-order valence-corrected chi connectivity index (χ2v) is 11.8. The summed E-state index contributed by atoms with van der Waals surface area (Å²) in [4.78, 5) is 38.9. The molecule has 0 aromatic heterocycles. The molecule has 2 heterocycles. The van der Waals surface area contributed by atoms with Gasteiger partial charge in [0.25, 0.3) is 0 Å². The fourth-order valence-corrected chi connectivity index (χ4v) is 6.66. The van der Waals surface area contributed by atoms with Crippen molar-refractivity contribution in [2.45, 2.75) is 67.7 Å². The van der Waals surface area contributed by atoms with Crippen LogP contribution in [0.4, 0.5) is 0 Å². The fourth-order valence-electron chi connectivity index (χ4n) is 6.66. The molecule has 0 spiro atoms. The Morgan fingerprint density at radius 1 is 0.933 bits per heavy atom. The van der Waals surface area contributed by atoms with Crippen LogP contribution in [0.25, 0.3) is 12.2 Å². The van der Waals surface area contributed by atoms with Crippen molar-refractivity contribution in [3.05, 3.63) is 59.2 Å². The highest BCUT2D eigenvalue weighted by molar-refractivity contribution is 6.00. The number of aliphatic carboxylic acids is 1. The molecule has 6 atom stereocenters. The molecule has 1 aliphatic carbocycles. The summed E-state index contributed by atoms with van der Waals surface area (Å²) in [6, 6.07) is 6.25. The predicted molar refractivity (Wildman–Crippen MR) is 155 cm³/mol. The number of aromatic hydroxyl groups is 4. The molecule has 240 valence electrons. The van der Waals surface area contributed by atoms with Crippen molar-refractivity contribution >= 4 is 29.7 Å². The molecule has 8 N–H and O–H groups in total. The van der Waals surface area contributed by atoms with Gasteiger partial charge >= 0.3 is 5.97 Å². The number of aliphatic hydroxyl groups excluding tert-OH is 2. The number of carboxylic acids is 1. The first kappa shape index (κ1) is 32.1. The summed E-state index contributed by atoms with van der Waals surface area (Å²) in [6.45, 7) is -1.17. The topological polar surface area (TPSA) is 232 Å². The Morgan fingerprint density at radius 3 is 2.33 bits per heavy atom. The largest absolute Gasteiger partial charge is 0.504 e. The summed E-state index contributed by atoms with van der Waals surface area (Å²) >= 11 is 0. The number of ether oxygens (including phenoxy) is 2. The highest BCUT2D eigenvalue weighted by atomic mass is 16.6. The number of phenols is 4. The molecule has 3 aliphatic rings. The molecule has 2 bridgehead atoms. The third-order valence-electron chi connectivity index (χ3n) is 9.24. The van der Waals surface area contributed by atoms with E-state index in [1.165, 1.54) is 42.5 Å². The van der Waals surface area contributed by atoms with E-state index in [0.29, 0.717) is 5.56 Å². The fraction of sp³-hybridized carbons (Fsp3) is 0.406. The van der Waals surface area contributed by atoms with Crippen molar-refractivity contribution in [1.82, 2.24) is 0 Å². The molecule has 5 rings (SSSR count). The Kier molecular flexibility index (Phi) is 8.51. The lowest BCUT2D eigenvalue weighted by atomic mass is 9.56. The predicted octanol–water partition coefficient (Wildman–Crippen LogP) is 1.53. The zero-order chi connectivity index (χ0) is 32.7. The molecule has 6 unspecified atom stereocenters. The second kappa shape index (κ2) is 11.9. The summed E-state index contributed by atoms with van der Waals surface area (Å²) in [5.74, 6) is -5.26. The Labute approximate surface area is 256 Å². The maximum Gasteiger partial charge on any atom is 0.336 e. The van der Waals surface area contributed by atoms with E-state index in [1.807, 2.05) is 0 Å². The number of carbonyl (C=O) groups is 3. The summed E-state index contributed by atoms with van der Waals surface area (Å²) in [6.07, 6.45) is 1.56. The normalized spacial score (nSPS) is 30.9. The van der Waals surface area contributed by atoms with Crippen LogP contribution in [0.5, 0.6) is 23.0 Å². The summed E-state index contributed by atoms with van der Waals surface area (Å²) in [5, 5.41) is 81.2. The van der Waals surface area contributed by atoms with E-state index >= 15 is 0 Å². The number of carboxylic acid groups (broad SMARTS) is 1. The quantitative estimate of drug-likeness (QED) is 0.138. The van der Waals surface area contributed by atoms with Gasteiger partial charge in [0.05, 0.1) is 18.8 Å². The molecule has 2 aromatic rings. The van der Waals surface area contributed by atoms with E-state index in [1.54, 1.807) is 0 Å². The van der Waals surface area contributed by atoms with Crippen LogP contribution in [-0.4, -0.2) is 94.0 Å². The van der Waals surface area contributed by atoms with Crippen LogP contribution in [0, 0.1) is 5.92 Å². The minimum atomic E-state index is -2.13. The van der Waals surface area contributed by atoms with Crippen molar-refractivity contribution < 1.29 is 64.7 Å². The van der Waals surface area contributed by atoms with Crippen LogP contribution >= 0.6 is 0 Å². The standard InChI is InChI=1S/C32H34O13/c33-15-19-13-25(38)24(37)12-18(19)3-6-26(39)30-8-7-21-28(45-30)31(43,10-9-30)27(40)14-32(21,29(41)42)44-16-20(34)4-1-17-2-5-22(35)23(36)11-17/h1-6,11-13,21,27-28,33,35-38,40,43H,7-10,14-16H2,(H,41,42). The third-order valence-corrected chi connectivity index (χ3v) is 9.24. The smallest absolute Gasteiger partial charge is 0.336 e. The van der Waals surface area contributed by atoms with Gasteiger partial charge in [0, 0.05) is 12.3 Å². The monoisotopic (exact) mass is 626 g/mol. The Balaban J connectivity index is 1.36. The molecular formula is C32H34O13. The van der Waals surface area contributed by atoms with Gasteiger partial charge in [-0.05, 0) is 78.8 Å². The summed E-state index contributed by atoms with van der Waals surface area (Å²) < 4.78 is 12.0. The molecule has 3 fully saturated rings. The molecule has 45 heavy (non-hydrogen) atoms. The van der Waals surface area contributed by atoms with Gasteiger partial charge in [0.2, 0.25) is 0 Å². The molecule has 0 radical (unpaired) electrons. The van der Waals surface area contributed by atoms with E-state index in [2.05, 4.69) is 0 Å². The molecule has 13 nitrogen and oxygen atoms in total. The van der Waals surface area contributed by atoms with Crippen molar-refractivity contribution in [3.63, 3.8) is 0 Å². The Hall–Kier alpha value is -4.27. The van der Waals surface area contributed by atoms with Crippen molar-refractivity contribution in [2.24, 2.45) is 5.92 Å². The number of phenolic OH excluding ortho intramolecular Hbond substituents is 4. The first-order valence-corrected chi connectivity index (χ1v) is 14.3. The SMILES string of the molecule is O=C(C=Cc1ccc(O)c(O)c1)COC1(C(=O)O)CC(O)C2(O)CCC3(C(=O)C=Cc4cc(O)c(O)cc4CO)CCC1C2O3. The average molecular weight is 627 g/mol. The van der Waals surface area contributed by atoms with Crippen molar-refractivity contribution in [2.75, 3.05) is 6.61 Å². The Morgan fingerprint density at radius 2 is 1.64 bits per heavy atom. The minimum Gasteiger partial charge on any atom is -0.504 e. The zero-order valence-corrected chi connectivity index (χ0v) is 24.0. The second-order valence-electron chi connectivity index (χ2n) is 11.8. The lowest BCUT2D eigenvalue weighted by Crippen LogP contribution is -2.75. The minimum absolute atomic E-state index is 0.0255. The van der Waals surface area contributed by atoms with E-state index in [9.17, 15) is 55.2 Å². The van der Waals surface area contributed by atoms with E-state index in [-0.39, 0.29) is 42.6 Å². The highest BCUT2D eigenvalue weighted by Crippen LogP contribution is 2.56. The summed E-state index contributed by atoms with van der Waals surface area (Å²) in [5.41, 5.74) is -4.56. The van der Waals surface area contributed by atoms with Crippen LogP contribution in [-0.2, 0) is 30.5 Å². The number of hydrogen-bond acceptors (Lipinski definition) is 12. The van der Waals surface area contributed by atoms with Gasteiger partial charge in [0.1, 0.15) is 17.8 Å².